The lowest BCUT2D eigenvalue weighted by atomic mass is 9.66. The molecule has 4 aliphatic carbocycles. The molecule has 0 heterocycles. The standard InChI is InChI=1S/C25H32I2O4/c1-15(2)20(28)31-25(27)22(4)10-9-19(14-22)23(25,5)11-8-16(3)21(29)30-24(26)13-17-6-7-18(24)12-17/h6-7,17-19H,1,3,8-14H2,2,4-5H3. The summed E-state index contributed by atoms with van der Waals surface area (Å²) in [5, 5.41) is 0. The molecule has 0 amide bonds. The summed E-state index contributed by atoms with van der Waals surface area (Å²) in [6.45, 7) is 14.0. The van der Waals surface area contributed by atoms with Crippen molar-refractivity contribution >= 4 is 57.1 Å². The fraction of sp³-hybridized carbons (Fsp3) is 0.680. The maximum absolute atomic E-state index is 12.9. The number of carbonyl (C=O) groups excluding carboxylic acids is 2. The molecular weight excluding hydrogens is 618 g/mol. The van der Waals surface area contributed by atoms with Gasteiger partial charge in [0, 0.05) is 34.3 Å². The SMILES string of the molecule is C=C(C)C(=O)OC1(I)C2(C)CCC(C2)C1(C)CCC(=C)C(=O)OC1(I)CC2C=CC1C2. The molecule has 3 saturated carbocycles. The maximum atomic E-state index is 12.9. The van der Waals surface area contributed by atoms with Crippen LogP contribution >= 0.6 is 45.2 Å². The molecular formula is C25H32I2O4. The third-order valence-corrected chi connectivity index (χ3v) is 12.7. The quantitative estimate of drug-likeness (QED) is 0.102. The molecule has 0 aliphatic heterocycles. The number of esters is 2. The van der Waals surface area contributed by atoms with Crippen molar-refractivity contribution in [2.75, 3.05) is 0 Å². The van der Waals surface area contributed by atoms with E-state index in [2.05, 4.69) is 84.3 Å². The summed E-state index contributed by atoms with van der Waals surface area (Å²) >= 11 is 4.70. The molecule has 0 saturated heterocycles. The van der Waals surface area contributed by atoms with Gasteiger partial charge in [-0.2, -0.15) is 0 Å². The molecule has 4 aliphatic rings. The number of fused-ring (bicyclic) bond motifs is 4. The monoisotopic (exact) mass is 650 g/mol. The van der Waals surface area contributed by atoms with Crippen molar-refractivity contribution in [3.8, 4) is 0 Å². The predicted octanol–water partition coefficient (Wildman–Crippen LogP) is 6.67. The van der Waals surface area contributed by atoms with E-state index >= 15 is 0 Å². The zero-order valence-electron chi connectivity index (χ0n) is 18.6. The molecule has 170 valence electrons. The second-order valence-electron chi connectivity index (χ2n) is 10.7. The molecule has 6 heteroatoms. The minimum Gasteiger partial charge on any atom is -0.444 e. The summed E-state index contributed by atoms with van der Waals surface area (Å²) in [6, 6.07) is 0. The molecule has 0 radical (unpaired) electrons. The van der Waals surface area contributed by atoms with Gasteiger partial charge in [-0.3, -0.25) is 0 Å². The average molecular weight is 650 g/mol. The molecule has 0 spiro atoms. The van der Waals surface area contributed by atoms with Gasteiger partial charge in [-0.05, 0) is 102 Å². The molecule has 0 N–H and O–H groups in total. The van der Waals surface area contributed by atoms with Crippen LogP contribution in [0.1, 0.15) is 65.7 Å². The summed E-state index contributed by atoms with van der Waals surface area (Å²) in [4.78, 5) is 25.4. The Morgan fingerprint density at radius 1 is 1.10 bits per heavy atom. The normalized spacial score (nSPS) is 44.5. The fourth-order valence-corrected chi connectivity index (χ4v) is 9.09. The number of rotatable bonds is 7. The van der Waals surface area contributed by atoms with Gasteiger partial charge in [0.05, 0.1) is 0 Å². The highest BCUT2D eigenvalue weighted by Gasteiger charge is 2.72. The molecule has 0 aromatic heterocycles. The summed E-state index contributed by atoms with van der Waals surface area (Å²) < 4.78 is 11.1. The number of carbonyl (C=O) groups is 2. The van der Waals surface area contributed by atoms with Gasteiger partial charge in [-0.1, -0.05) is 39.2 Å². The van der Waals surface area contributed by atoms with Crippen molar-refractivity contribution in [1.29, 1.82) is 0 Å². The first-order chi connectivity index (χ1) is 14.3. The van der Waals surface area contributed by atoms with E-state index in [1.807, 2.05) is 0 Å². The van der Waals surface area contributed by atoms with E-state index in [0.29, 0.717) is 35.3 Å². The molecule has 7 unspecified atom stereocenters. The molecule has 0 aromatic rings. The largest absolute Gasteiger partial charge is 0.444 e. The predicted molar refractivity (Wildman–Crippen MR) is 138 cm³/mol. The number of alkyl halides is 2. The summed E-state index contributed by atoms with van der Waals surface area (Å²) in [7, 11) is 0. The van der Waals surface area contributed by atoms with Crippen LogP contribution in [-0.2, 0) is 19.1 Å². The Bertz CT molecular complexity index is 881. The Balaban J connectivity index is 1.45. The topological polar surface area (TPSA) is 52.6 Å². The minimum atomic E-state index is -0.624. The van der Waals surface area contributed by atoms with Gasteiger partial charge < -0.3 is 9.47 Å². The van der Waals surface area contributed by atoms with E-state index in [4.69, 9.17) is 9.47 Å². The summed E-state index contributed by atoms with van der Waals surface area (Å²) in [5.74, 6) is 0.679. The van der Waals surface area contributed by atoms with E-state index < -0.39 is 7.22 Å². The third-order valence-electron chi connectivity index (χ3n) is 8.50. The van der Waals surface area contributed by atoms with E-state index in [1.165, 1.54) is 0 Å². The Labute approximate surface area is 212 Å². The molecule has 3 fully saturated rings. The van der Waals surface area contributed by atoms with Crippen LogP contribution in [0, 0.1) is 28.6 Å². The van der Waals surface area contributed by atoms with Crippen molar-refractivity contribution in [1.82, 2.24) is 0 Å². The fourth-order valence-electron chi connectivity index (χ4n) is 6.46. The Morgan fingerprint density at radius 3 is 2.39 bits per heavy atom. The number of allylic oxidation sites excluding steroid dienone is 1. The molecule has 7 atom stereocenters. The zero-order valence-corrected chi connectivity index (χ0v) is 23.0. The molecule has 31 heavy (non-hydrogen) atoms. The van der Waals surface area contributed by atoms with Crippen LogP contribution in [0.15, 0.2) is 36.5 Å². The van der Waals surface area contributed by atoms with Crippen molar-refractivity contribution < 1.29 is 19.1 Å². The maximum Gasteiger partial charge on any atom is 0.334 e. The lowest BCUT2D eigenvalue weighted by Crippen LogP contribution is -2.53. The lowest BCUT2D eigenvalue weighted by Gasteiger charge is -2.51. The third kappa shape index (κ3) is 3.66. The van der Waals surface area contributed by atoms with Crippen LogP contribution in [0.3, 0.4) is 0 Å². The molecule has 4 rings (SSSR count). The molecule has 4 nitrogen and oxygen atoms in total. The van der Waals surface area contributed by atoms with E-state index in [0.717, 1.165) is 38.5 Å². The first-order valence-corrected chi connectivity index (χ1v) is 13.4. The van der Waals surface area contributed by atoms with Crippen LogP contribution in [-0.4, -0.2) is 19.2 Å². The second-order valence-corrected chi connectivity index (χ2v) is 14.0. The van der Waals surface area contributed by atoms with E-state index in [1.54, 1.807) is 6.92 Å². The number of ether oxygens (including phenoxy) is 2. The Hall–Kier alpha value is -0.380. The minimum absolute atomic E-state index is 0.0678. The van der Waals surface area contributed by atoms with E-state index in [9.17, 15) is 9.59 Å². The molecule has 0 aromatic carbocycles. The van der Waals surface area contributed by atoms with Gasteiger partial charge in [0.2, 0.25) is 0 Å². The summed E-state index contributed by atoms with van der Waals surface area (Å²) in [6.07, 6.45) is 10.9. The summed E-state index contributed by atoms with van der Waals surface area (Å²) in [5.41, 5.74) is 0.639. The highest BCUT2D eigenvalue weighted by molar-refractivity contribution is 14.1. The van der Waals surface area contributed by atoms with Crippen molar-refractivity contribution in [3.05, 3.63) is 36.5 Å². The Morgan fingerprint density at radius 2 is 1.81 bits per heavy atom. The van der Waals surface area contributed by atoms with Gasteiger partial charge in [0.1, 0.15) is 0 Å². The van der Waals surface area contributed by atoms with Crippen LogP contribution in [0.5, 0.6) is 0 Å². The van der Waals surface area contributed by atoms with Gasteiger partial charge in [0.15, 0.2) is 7.22 Å². The van der Waals surface area contributed by atoms with Gasteiger partial charge in [0.25, 0.3) is 0 Å². The highest BCUT2D eigenvalue weighted by atomic mass is 127. The second kappa shape index (κ2) is 7.84. The van der Waals surface area contributed by atoms with E-state index in [-0.39, 0.29) is 22.8 Å². The van der Waals surface area contributed by atoms with Crippen molar-refractivity contribution in [3.63, 3.8) is 0 Å². The zero-order chi connectivity index (χ0) is 22.8. The van der Waals surface area contributed by atoms with Crippen LogP contribution in [0.4, 0.5) is 0 Å². The van der Waals surface area contributed by atoms with Crippen molar-refractivity contribution in [2.45, 2.75) is 72.9 Å². The Kier molecular flexibility index (Phi) is 6.01. The smallest absolute Gasteiger partial charge is 0.334 e. The van der Waals surface area contributed by atoms with Gasteiger partial charge >= 0.3 is 11.9 Å². The average Bonchev–Trinajstić information content (AvgIpc) is 3.41. The van der Waals surface area contributed by atoms with Crippen LogP contribution in [0.2, 0.25) is 0 Å². The first-order valence-electron chi connectivity index (χ1n) is 11.2. The molecule has 4 bridgehead atoms. The van der Waals surface area contributed by atoms with Crippen molar-refractivity contribution in [2.24, 2.45) is 28.6 Å². The van der Waals surface area contributed by atoms with Gasteiger partial charge in [-0.25, -0.2) is 9.59 Å². The first kappa shape index (κ1) is 23.8. The highest BCUT2D eigenvalue weighted by Crippen LogP contribution is 2.73. The number of halogens is 2. The van der Waals surface area contributed by atoms with Gasteiger partial charge in [-0.15, -0.1) is 0 Å². The number of hydrogen-bond acceptors (Lipinski definition) is 4. The van der Waals surface area contributed by atoms with Crippen LogP contribution in [0.25, 0.3) is 0 Å². The van der Waals surface area contributed by atoms with Crippen LogP contribution < -0.4 is 0 Å². The lowest BCUT2D eigenvalue weighted by molar-refractivity contribution is -0.165. The number of hydrogen-bond donors (Lipinski definition) is 0.